The van der Waals surface area contributed by atoms with Crippen LogP contribution in [0.15, 0.2) is 36.7 Å². The van der Waals surface area contributed by atoms with Crippen LogP contribution in [0.1, 0.15) is 34.5 Å². The molecule has 0 bridgehead atoms. The van der Waals surface area contributed by atoms with Gasteiger partial charge >= 0.3 is 5.97 Å². The van der Waals surface area contributed by atoms with Gasteiger partial charge in [0.05, 0.1) is 12.4 Å². The Morgan fingerprint density at radius 3 is 2.50 bits per heavy atom. The molecule has 20 heavy (non-hydrogen) atoms. The van der Waals surface area contributed by atoms with Crippen molar-refractivity contribution in [3.8, 4) is 0 Å². The first-order chi connectivity index (χ1) is 9.56. The predicted molar refractivity (Wildman–Crippen MR) is 77.1 cm³/mol. The average molecular weight is 271 g/mol. The molecule has 1 aromatic heterocycles. The maximum Gasteiger partial charge on any atom is 0.356 e. The molecule has 0 saturated heterocycles. The Hall–Kier alpha value is -2.43. The summed E-state index contributed by atoms with van der Waals surface area (Å²) in [5.74, 6) is -0.164. The molecule has 5 heteroatoms. The number of nitrogens with zero attached hydrogens (tertiary/aromatic N) is 2. The Morgan fingerprint density at radius 1 is 1.25 bits per heavy atom. The van der Waals surface area contributed by atoms with Crippen molar-refractivity contribution in [2.75, 3.05) is 11.9 Å². The highest BCUT2D eigenvalue weighted by Gasteiger charge is 2.07. The number of hydrogen-bond acceptors (Lipinski definition) is 4. The highest BCUT2D eigenvalue weighted by atomic mass is 16.4. The second kappa shape index (κ2) is 6.14. The Bertz CT molecular complexity index is 579. The third-order valence-corrected chi connectivity index (χ3v) is 3.11. The van der Waals surface area contributed by atoms with E-state index in [2.05, 4.69) is 53.4 Å². The molecule has 2 rings (SSSR count). The minimum absolute atomic E-state index is 0.0536. The van der Waals surface area contributed by atoms with Crippen molar-refractivity contribution in [2.24, 2.45) is 0 Å². The van der Waals surface area contributed by atoms with Gasteiger partial charge in [0, 0.05) is 6.54 Å². The van der Waals surface area contributed by atoms with Gasteiger partial charge in [0.15, 0.2) is 5.69 Å². The van der Waals surface area contributed by atoms with Crippen molar-refractivity contribution in [1.29, 1.82) is 0 Å². The fourth-order valence-electron chi connectivity index (χ4n) is 1.80. The van der Waals surface area contributed by atoms with E-state index in [-0.39, 0.29) is 5.69 Å². The van der Waals surface area contributed by atoms with Crippen LogP contribution in [0.3, 0.4) is 0 Å². The molecule has 104 valence electrons. The van der Waals surface area contributed by atoms with E-state index in [1.807, 2.05) is 0 Å². The SMILES string of the molecule is Cc1ccc(C(C)CNc2cnc(C(=O)O)cn2)cc1. The van der Waals surface area contributed by atoms with Crippen molar-refractivity contribution in [3.05, 3.63) is 53.5 Å². The van der Waals surface area contributed by atoms with Crippen molar-refractivity contribution >= 4 is 11.8 Å². The highest BCUT2D eigenvalue weighted by Crippen LogP contribution is 2.16. The van der Waals surface area contributed by atoms with Crippen molar-refractivity contribution in [2.45, 2.75) is 19.8 Å². The molecular weight excluding hydrogens is 254 g/mol. The Balaban J connectivity index is 1.94. The second-order valence-corrected chi connectivity index (χ2v) is 4.78. The lowest BCUT2D eigenvalue weighted by Gasteiger charge is -2.13. The number of anilines is 1. The molecule has 0 aliphatic rings. The predicted octanol–water partition coefficient (Wildman–Crippen LogP) is 2.70. The van der Waals surface area contributed by atoms with E-state index in [0.29, 0.717) is 18.3 Å². The topological polar surface area (TPSA) is 75.1 Å². The number of aromatic carboxylic acids is 1. The number of aryl methyl sites for hydroxylation is 1. The van der Waals surface area contributed by atoms with Crippen LogP contribution in [0.25, 0.3) is 0 Å². The summed E-state index contributed by atoms with van der Waals surface area (Å²) in [5, 5.41) is 11.9. The lowest BCUT2D eigenvalue weighted by molar-refractivity contribution is 0.0690. The molecule has 1 atom stereocenters. The van der Waals surface area contributed by atoms with Gasteiger partial charge in [-0.2, -0.15) is 0 Å². The zero-order valence-electron chi connectivity index (χ0n) is 11.5. The molecule has 0 aliphatic carbocycles. The van der Waals surface area contributed by atoms with Gasteiger partial charge in [-0.05, 0) is 18.4 Å². The van der Waals surface area contributed by atoms with Gasteiger partial charge in [-0.3, -0.25) is 0 Å². The van der Waals surface area contributed by atoms with Gasteiger partial charge < -0.3 is 10.4 Å². The molecular formula is C15H17N3O2. The van der Waals surface area contributed by atoms with Crippen LogP contribution in [-0.2, 0) is 0 Å². The van der Waals surface area contributed by atoms with Crippen molar-refractivity contribution in [1.82, 2.24) is 9.97 Å². The lowest BCUT2D eigenvalue weighted by atomic mass is 10.0. The fraction of sp³-hybridized carbons (Fsp3) is 0.267. The number of aromatic nitrogens is 2. The monoisotopic (exact) mass is 271 g/mol. The Morgan fingerprint density at radius 2 is 1.95 bits per heavy atom. The minimum Gasteiger partial charge on any atom is -0.476 e. The van der Waals surface area contributed by atoms with Crippen LogP contribution in [-0.4, -0.2) is 27.6 Å². The van der Waals surface area contributed by atoms with E-state index in [4.69, 9.17) is 5.11 Å². The summed E-state index contributed by atoms with van der Waals surface area (Å²) < 4.78 is 0. The van der Waals surface area contributed by atoms with E-state index in [0.717, 1.165) is 0 Å². The van der Waals surface area contributed by atoms with Crippen LogP contribution in [0.4, 0.5) is 5.82 Å². The molecule has 0 aliphatic heterocycles. The molecule has 2 N–H and O–H groups in total. The van der Waals surface area contributed by atoms with Crippen LogP contribution < -0.4 is 5.32 Å². The zero-order chi connectivity index (χ0) is 14.5. The van der Waals surface area contributed by atoms with Crippen LogP contribution >= 0.6 is 0 Å². The van der Waals surface area contributed by atoms with Crippen LogP contribution in [0, 0.1) is 6.92 Å². The number of benzene rings is 1. The summed E-state index contributed by atoms with van der Waals surface area (Å²) in [5.41, 5.74) is 2.43. The number of hydrogen-bond donors (Lipinski definition) is 2. The molecule has 0 fully saturated rings. The summed E-state index contributed by atoms with van der Waals surface area (Å²) >= 11 is 0. The van der Waals surface area contributed by atoms with Gasteiger partial charge in [0.1, 0.15) is 5.82 Å². The first-order valence-electron chi connectivity index (χ1n) is 6.42. The fourth-order valence-corrected chi connectivity index (χ4v) is 1.80. The first kappa shape index (κ1) is 14.0. The number of carboxylic acid groups (broad SMARTS) is 1. The number of rotatable bonds is 5. The van der Waals surface area contributed by atoms with E-state index >= 15 is 0 Å². The van der Waals surface area contributed by atoms with Crippen molar-refractivity contribution in [3.63, 3.8) is 0 Å². The van der Waals surface area contributed by atoms with Gasteiger partial charge in [-0.15, -0.1) is 0 Å². The van der Waals surface area contributed by atoms with Crippen molar-refractivity contribution < 1.29 is 9.90 Å². The molecule has 0 saturated carbocycles. The molecule has 0 amide bonds. The second-order valence-electron chi connectivity index (χ2n) is 4.78. The van der Waals surface area contributed by atoms with Crippen LogP contribution in [0.2, 0.25) is 0 Å². The highest BCUT2D eigenvalue weighted by molar-refractivity contribution is 5.84. The number of carbonyl (C=O) groups is 1. The normalized spacial score (nSPS) is 11.9. The molecule has 5 nitrogen and oxygen atoms in total. The quantitative estimate of drug-likeness (QED) is 0.874. The van der Waals surface area contributed by atoms with Gasteiger partial charge in [0.25, 0.3) is 0 Å². The van der Waals surface area contributed by atoms with E-state index in [1.165, 1.54) is 23.5 Å². The van der Waals surface area contributed by atoms with Gasteiger partial charge in [0.2, 0.25) is 0 Å². The average Bonchev–Trinajstić information content (AvgIpc) is 2.46. The molecule has 1 unspecified atom stereocenters. The van der Waals surface area contributed by atoms with Crippen LogP contribution in [0.5, 0.6) is 0 Å². The summed E-state index contributed by atoms with van der Waals surface area (Å²) in [4.78, 5) is 18.5. The smallest absolute Gasteiger partial charge is 0.356 e. The molecule has 0 radical (unpaired) electrons. The molecule has 1 aromatic carbocycles. The lowest BCUT2D eigenvalue weighted by Crippen LogP contribution is -2.12. The first-order valence-corrected chi connectivity index (χ1v) is 6.42. The maximum absolute atomic E-state index is 10.7. The Kier molecular flexibility index (Phi) is 4.30. The third-order valence-electron chi connectivity index (χ3n) is 3.11. The molecule has 2 aromatic rings. The van der Waals surface area contributed by atoms with E-state index < -0.39 is 5.97 Å². The van der Waals surface area contributed by atoms with Gasteiger partial charge in [-0.1, -0.05) is 36.8 Å². The summed E-state index contributed by atoms with van der Waals surface area (Å²) in [6.45, 7) is 4.90. The molecule has 1 heterocycles. The zero-order valence-corrected chi connectivity index (χ0v) is 11.5. The van der Waals surface area contributed by atoms with Gasteiger partial charge in [-0.25, -0.2) is 14.8 Å². The minimum atomic E-state index is -1.07. The summed E-state index contributed by atoms with van der Waals surface area (Å²) in [6, 6.07) is 8.41. The summed E-state index contributed by atoms with van der Waals surface area (Å²) in [7, 11) is 0. The molecule has 0 spiro atoms. The Labute approximate surface area is 117 Å². The third kappa shape index (κ3) is 3.54. The van der Waals surface area contributed by atoms with E-state index in [1.54, 1.807) is 0 Å². The maximum atomic E-state index is 10.7. The standard InChI is InChI=1S/C15H17N3O2/c1-10-3-5-12(6-4-10)11(2)7-17-14-9-16-13(8-18-14)15(19)20/h3-6,8-9,11H,7H2,1-2H3,(H,17,18)(H,19,20). The summed E-state index contributed by atoms with van der Waals surface area (Å²) in [6.07, 6.45) is 2.69. The van der Waals surface area contributed by atoms with E-state index in [9.17, 15) is 4.79 Å². The number of nitrogens with one attached hydrogen (secondary N) is 1. The number of carboxylic acids is 1. The largest absolute Gasteiger partial charge is 0.476 e.